The molecule has 1 atom stereocenters. The summed E-state index contributed by atoms with van der Waals surface area (Å²) in [6.07, 6.45) is 0.710. The molecule has 0 saturated carbocycles. The van der Waals surface area contributed by atoms with Crippen molar-refractivity contribution in [3.05, 3.63) is 78.4 Å². The molecule has 0 bridgehead atoms. The highest BCUT2D eigenvalue weighted by molar-refractivity contribution is 6.01. The second-order valence-corrected chi connectivity index (χ2v) is 9.58. The standard InChI is InChI=1S/C29H33N5O4/c1-6-29(2,3)30-28(36)27(20-16-17-24(37-4)25(18-20)38-5)34(21-12-8-7-9-13-21)26(35)19-33-23-15-11-10-14-22(23)31-32-33/h7-18,27H,6,19H2,1-5H3,(H,30,36). The van der Waals surface area contributed by atoms with Crippen LogP contribution in [0.25, 0.3) is 11.0 Å². The first-order chi connectivity index (χ1) is 18.3. The van der Waals surface area contributed by atoms with Gasteiger partial charge in [-0.15, -0.1) is 5.10 Å². The Balaban J connectivity index is 1.84. The minimum absolute atomic E-state index is 0.107. The van der Waals surface area contributed by atoms with Gasteiger partial charge in [0, 0.05) is 11.2 Å². The number of aromatic nitrogens is 3. The van der Waals surface area contributed by atoms with E-state index in [1.165, 1.54) is 12.0 Å². The molecule has 0 aliphatic rings. The van der Waals surface area contributed by atoms with Crippen LogP contribution in [0.2, 0.25) is 0 Å². The molecule has 0 spiro atoms. The first-order valence-electron chi connectivity index (χ1n) is 12.5. The van der Waals surface area contributed by atoms with Crippen molar-refractivity contribution >= 4 is 28.5 Å². The van der Waals surface area contributed by atoms with Gasteiger partial charge >= 0.3 is 0 Å². The number of nitrogens with one attached hydrogen (secondary N) is 1. The molecule has 0 aliphatic carbocycles. The van der Waals surface area contributed by atoms with Crippen LogP contribution in [0.3, 0.4) is 0 Å². The second-order valence-electron chi connectivity index (χ2n) is 9.58. The predicted octanol–water partition coefficient (Wildman–Crippen LogP) is 4.53. The number of rotatable bonds is 10. The van der Waals surface area contributed by atoms with Gasteiger partial charge in [0.2, 0.25) is 11.8 Å². The van der Waals surface area contributed by atoms with Gasteiger partial charge in [-0.3, -0.25) is 14.5 Å². The molecule has 2 amide bonds. The van der Waals surface area contributed by atoms with E-state index >= 15 is 0 Å². The molecule has 198 valence electrons. The van der Waals surface area contributed by atoms with Crippen LogP contribution in [0.5, 0.6) is 11.5 Å². The lowest BCUT2D eigenvalue weighted by Gasteiger charge is -2.34. The number of amides is 2. The maximum absolute atomic E-state index is 14.1. The molecule has 38 heavy (non-hydrogen) atoms. The SMILES string of the molecule is CCC(C)(C)NC(=O)C(c1ccc(OC)c(OC)c1)N(C(=O)Cn1nnc2ccccc21)c1ccccc1. The molecule has 1 N–H and O–H groups in total. The Morgan fingerprint density at radius 2 is 1.66 bits per heavy atom. The fourth-order valence-corrected chi connectivity index (χ4v) is 4.19. The van der Waals surface area contributed by atoms with Crippen molar-refractivity contribution in [2.75, 3.05) is 19.1 Å². The van der Waals surface area contributed by atoms with Crippen molar-refractivity contribution < 1.29 is 19.1 Å². The molecule has 0 fully saturated rings. The van der Waals surface area contributed by atoms with E-state index in [2.05, 4.69) is 15.6 Å². The molecule has 1 aromatic heterocycles. The molecular formula is C29H33N5O4. The van der Waals surface area contributed by atoms with E-state index in [1.54, 1.807) is 30.0 Å². The zero-order chi connectivity index (χ0) is 27.3. The maximum Gasteiger partial charge on any atom is 0.249 e. The number of fused-ring (bicyclic) bond motifs is 1. The van der Waals surface area contributed by atoms with Gasteiger partial charge in [-0.25, -0.2) is 4.68 Å². The van der Waals surface area contributed by atoms with E-state index in [0.29, 0.717) is 34.7 Å². The zero-order valence-electron chi connectivity index (χ0n) is 22.3. The van der Waals surface area contributed by atoms with Crippen molar-refractivity contribution in [1.29, 1.82) is 0 Å². The number of carbonyl (C=O) groups excluding carboxylic acids is 2. The summed E-state index contributed by atoms with van der Waals surface area (Å²) in [4.78, 5) is 29.6. The van der Waals surface area contributed by atoms with Crippen molar-refractivity contribution in [1.82, 2.24) is 20.3 Å². The van der Waals surface area contributed by atoms with Crippen LogP contribution >= 0.6 is 0 Å². The smallest absolute Gasteiger partial charge is 0.249 e. The van der Waals surface area contributed by atoms with Crippen molar-refractivity contribution in [2.24, 2.45) is 0 Å². The Labute approximate surface area is 222 Å². The minimum Gasteiger partial charge on any atom is -0.493 e. The molecule has 0 radical (unpaired) electrons. The Kier molecular flexibility index (Phi) is 7.95. The summed E-state index contributed by atoms with van der Waals surface area (Å²) in [6.45, 7) is 5.80. The summed E-state index contributed by atoms with van der Waals surface area (Å²) in [5.41, 5.74) is 2.08. The number of nitrogens with zero attached hydrogens (tertiary/aromatic N) is 4. The number of ether oxygens (including phenoxy) is 2. The van der Waals surface area contributed by atoms with Gasteiger partial charge in [0.15, 0.2) is 11.5 Å². The van der Waals surface area contributed by atoms with Gasteiger partial charge in [-0.05, 0) is 62.2 Å². The van der Waals surface area contributed by atoms with E-state index < -0.39 is 11.6 Å². The maximum atomic E-state index is 14.1. The van der Waals surface area contributed by atoms with Gasteiger partial charge in [-0.1, -0.05) is 48.5 Å². The first-order valence-corrected chi connectivity index (χ1v) is 12.5. The van der Waals surface area contributed by atoms with Gasteiger partial charge < -0.3 is 14.8 Å². The van der Waals surface area contributed by atoms with E-state index in [4.69, 9.17) is 9.47 Å². The van der Waals surface area contributed by atoms with Crippen LogP contribution in [-0.2, 0) is 16.1 Å². The predicted molar refractivity (Wildman–Crippen MR) is 146 cm³/mol. The van der Waals surface area contributed by atoms with Crippen LogP contribution in [0.15, 0.2) is 72.8 Å². The molecule has 0 aliphatic heterocycles. The van der Waals surface area contributed by atoms with Crippen LogP contribution in [0, 0.1) is 0 Å². The molecule has 1 heterocycles. The highest BCUT2D eigenvalue weighted by Gasteiger charge is 2.35. The van der Waals surface area contributed by atoms with Gasteiger partial charge in [0.05, 0.1) is 19.7 Å². The summed E-state index contributed by atoms with van der Waals surface area (Å²) in [5, 5.41) is 11.5. The Morgan fingerprint density at radius 1 is 0.974 bits per heavy atom. The van der Waals surface area contributed by atoms with Crippen molar-refractivity contribution in [3.63, 3.8) is 0 Å². The molecule has 0 saturated heterocycles. The Hall–Kier alpha value is -4.40. The van der Waals surface area contributed by atoms with E-state index in [1.807, 2.05) is 75.4 Å². The van der Waals surface area contributed by atoms with Crippen molar-refractivity contribution in [3.8, 4) is 11.5 Å². The molecule has 3 aromatic carbocycles. The number of carbonyl (C=O) groups is 2. The number of para-hydroxylation sites is 2. The lowest BCUT2D eigenvalue weighted by atomic mass is 9.98. The van der Waals surface area contributed by atoms with Gasteiger partial charge in [-0.2, -0.15) is 0 Å². The summed E-state index contributed by atoms with van der Waals surface area (Å²) in [6, 6.07) is 20.8. The largest absolute Gasteiger partial charge is 0.493 e. The first kappa shape index (κ1) is 26.7. The van der Waals surface area contributed by atoms with Crippen LogP contribution in [0.1, 0.15) is 38.8 Å². The molecule has 1 unspecified atom stereocenters. The zero-order valence-corrected chi connectivity index (χ0v) is 22.3. The summed E-state index contributed by atoms with van der Waals surface area (Å²) < 4.78 is 12.5. The number of anilines is 1. The fourth-order valence-electron chi connectivity index (χ4n) is 4.19. The third-order valence-electron chi connectivity index (χ3n) is 6.58. The molecule has 4 aromatic rings. The fraction of sp³-hybridized carbons (Fsp3) is 0.310. The summed E-state index contributed by atoms with van der Waals surface area (Å²) >= 11 is 0. The van der Waals surface area contributed by atoms with Gasteiger partial charge in [0.25, 0.3) is 0 Å². The minimum atomic E-state index is -0.995. The third-order valence-corrected chi connectivity index (χ3v) is 6.58. The Bertz CT molecular complexity index is 1420. The molecule has 9 nitrogen and oxygen atoms in total. The van der Waals surface area contributed by atoms with Crippen molar-refractivity contribution in [2.45, 2.75) is 45.3 Å². The second kappa shape index (κ2) is 11.3. The number of methoxy groups -OCH3 is 2. The highest BCUT2D eigenvalue weighted by Crippen LogP contribution is 2.35. The van der Waals surface area contributed by atoms with Crippen LogP contribution in [0.4, 0.5) is 5.69 Å². The lowest BCUT2D eigenvalue weighted by Crippen LogP contribution is -2.51. The quantitative estimate of drug-likeness (QED) is 0.333. The van der Waals surface area contributed by atoms with Gasteiger partial charge in [0.1, 0.15) is 18.1 Å². The number of benzene rings is 3. The lowest BCUT2D eigenvalue weighted by molar-refractivity contribution is -0.128. The monoisotopic (exact) mass is 515 g/mol. The number of hydrogen-bond donors (Lipinski definition) is 1. The summed E-state index contributed by atoms with van der Waals surface area (Å²) in [7, 11) is 3.08. The topological polar surface area (TPSA) is 98.6 Å². The molecule has 9 heteroatoms. The highest BCUT2D eigenvalue weighted by atomic mass is 16.5. The van der Waals surface area contributed by atoms with E-state index in [9.17, 15) is 9.59 Å². The van der Waals surface area contributed by atoms with Crippen LogP contribution < -0.4 is 19.7 Å². The molecule has 4 rings (SSSR count). The third kappa shape index (κ3) is 5.61. The average Bonchev–Trinajstić information content (AvgIpc) is 3.33. The molecular weight excluding hydrogens is 482 g/mol. The summed E-state index contributed by atoms with van der Waals surface area (Å²) in [5.74, 6) is 0.345. The van der Waals surface area contributed by atoms with E-state index in [-0.39, 0.29) is 18.4 Å². The van der Waals surface area contributed by atoms with Crippen LogP contribution in [-0.4, -0.2) is 46.6 Å². The van der Waals surface area contributed by atoms with E-state index in [0.717, 1.165) is 5.52 Å². The Morgan fingerprint density at radius 3 is 2.34 bits per heavy atom. The normalized spacial score (nSPS) is 12.1. The average molecular weight is 516 g/mol. The number of hydrogen-bond acceptors (Lipinski definition) is 6.